The van der Waals surface area contributed by atoms with Gasteiger partial charge in [-0.1, -0.05) is 0 Å². The van der Waals surface area contributed by atoms with Crippen LogP contribution in [0.25, 0.3) is 0 Å². The van der Waals surface area contributed by atoms with Gasteiger partial charge in [0.15, 0.2) is 0 Å². The molecule has 0 saturated heterocycles. The van der Waals surface area contributed by atoms with Gasteiger partial charge in [-0.2, -0.15) is 43.2 Å². The summed E-state index contributed by atoms with van der Waals surface area (Å²) < 4.78 is 123. The predicted molar refractivity (Wildman–Crippen MR) is 35.9 cm³/mol. The Bertz CT molecular complexity index is 390. The standard InChI is InChI=1S/2CHF3O3S.O.Ti/c2*2-1(3,4)8(5,6)7;;/h2*(H,5,6,7);;. The van der Waals surface area contributed by atoms with Crippen LogP contribution in [0, 0.1) is 0 Å². The quantitative estimate of drug-likeness (QED) is 0.280. The SMILES string of the molecule is O=S(=O)(O)C(F)(F)F.O=S(=O)(O)C(F)(F)F.[O]=[Ti]. The zero-order chi connectivity index (χ0) is 16.0. The van der Waals surface area contributed by atoms with Crippen LogP contribution in [-0.2, 0) is 44.0 Å². The molecule has 2 N–H and O–H groups in total. The van der Waals surface area contributed by atoms with E-state index in [1.165, 1.54) is 0 Å². The summed E-state index contributed by atoms with van der Waals surface area (Å²) in [5.74, 6) is 0. The molecular formula is C2H2F6O7S2Ti. The van der Waals surface area contributed by atoms with Crippen molar-refractivity contribution in [2.24, 2.45) is 0 Å². The van der Waals surface area contributed by atoms with Crippen molar-refractivity contribution in [1.82, 2.24) is 0 Å². The van der Waals surface area contributed by atoms with Crippen LogP contribution in [0.4, 0.5) is 26.3 Å². The summed E-state index contributed by atoms with van der Waals surface area (Å²) in [6.07, 6.45) is 0. The second-order valence-electron chi connectivity index (χ2n) is 1.84. The fourth-order valence-electron chi connectivity index (χ4n) is 0. The van der Waals surface area contributed by atoms with Gasteiger partial charge in [0.05, 0.1) is 0 Å². The Morgan fingerprint density at radius 1 is 0.667 bits per heavy atom. The molecule has 0 atom stereocenters. The summed E-state index contributed by atoms with van der Waals surface area (Å²) in [5.41, 5.74) is -11.1. The average molecular weight is 364 g/mol. The molecule has 0 aliphatic rings. The van der Waals surface area contributed by atoms with Gasteiger partial charge in [-0.05, 0) is 0 Å². The maximum absolute atomic E-state index is 10.7. The molecule has 18 heavy (non-hydrogen) atoms. The topological polar surface area (TPSA) is 126 Å². The molecule has 0 rings (SSSR count). The van der Waals surface area contributed by atoms with Gasteiger partial charge < -0.3 is 0 Å². The molecule has 0 amide bonds. The van der Waals surface area contributed by atoms with E-state index in [0.717, 1.165) is 20.4 Å². The van der Waals surface area contributed by atoms with Crippen LogP contribution in [0.15, 0.2) is 0 Å². The van der Waals surface area contributed by atoms with Gasteiger partial charge in [0, 0.05) is 0 Å². The first-order chi connectivity index (χ1) is 7.50. The zero-order valence-corrected chi connectivity index (χ0v) is 10.7. The monoisotopic (exact) mass is 364 g/mol. The minimum absolute atomic E-state index is 0.750. The molecule has 0 aromatic heterocycles. The van der Waals surface area contributed by atoms with Crippen molar-refractivity contribution in [3.05, 3.63) is 0 Å². The second-order valence-corrected chi connectivity index (χ2v) is 4.67. The van der Waals surface area contributed by atoms with Gasteiger partial charge in [-0.25, -0.2) is 0 Å². The van der Waals surface area contributed by atoms with E-state index in [1.807, 2.05) is 0 Å². The first-order valence-corrected chi connectivity index (χ1v) is 6.30. The number of rotatable bonds is 0. The Morgan fingerprint density at radius 2 is 0.722 bits per heavy atom. The zero-order valence-electron chi connectivity index (χ0n) is 7.52. The first-order valence-electron chi connectivity index (χ1n) is 2.78. The van der Waals surface area contributed by atoms with Crippen LogP contribution in [0.5, 0.6) is 0 Å². The van der Waals surface area contributed by atoms with E-state index in [0.29, 0.717) is 0 Å². The van der Waals surface area contributed by atoms with Crippen molar-refractivity contribution >= 4 is 20.2 Å². The fourth-order valence-corrected chi connectivity index (χ4v) is 0. The molecule has 0 heterocycles. The minimum atomic E-state index is -5.84. The molecule has 0 aliphatic heterocycles. The summed E-state index contributed by atoms with van der Waals surface area (Å²) in [7, 11) is -11.7. The van der Waals surface area contributed by atoms with E-state index in [-0.39, 0.29) is 0 Å². The molecule has 0 bridgehead atoms. The second kappa shape index (κ2) is 7.49. The molecule has 16 heteroatoms. The van der Waals surface area contributed by atoms with E-state index in [2.05, 4.69) is 0 Å². The Kier molecular flexibility index (Phi) is 9.59. The van der Waals surface area contributed by atoms with Crippen LogP contribution in [0.1, 0.15) is 0 Å². The molecule has 0 fully saturated rings. The molecule has 0 unspecified atom stereocenters. The van der Waals surface area contributed by atoms with Crippen molar-refractivity contribution in [3.63, 3.8) is 0 Å². The van der Waals surface area contributed by atoms with Crippen molar-refractivity contribution in [1.29, 1.82) is 0 Å². The molecule has 0 spiro atoms. The number of halogens is 6. The van der Waals surface area contributed by atoms with Crippen LogP contribution >= 0.6 is 0 Å². The van der Waals surface area contributed by atoms with Gasteiger partial charge >= 0.3 is 55.0 Å². The van der Waals surface area contributed by atoms with Gasteiger partial charge in [-0.3, -0.25) is 9.11 Å². The normalized spacial score (nSPS) is 12.6. The molecule has 0 aliphatic carbocycles. The van der Waals surface area contributed by atoms with E-state index >= 15 is 0 Å². The summed E-state index contributed by atoms with van der Waals surface area (Å²) in [5, 5.41) is 0. The van der Waals surface area contributed by atoms with E-state index < -0.39 is 31.3 Å². The molecule has 110 valence electrons. The van der Waals surface area contributed by atoms with Crippen molar-refractivity contribution in [2.75, 3.05) is 0 Å². The van der Waals surface area contributed by atoms with Crippen molar-refractivity contribution < 1.29 is 76.0 Å². The molecule has 0 radical (unpaired) electrons. The first kappa shape index (κ1) is 23.0. The third-order valence-corrected chi connectivity index (χ3v) is 1.75. The van der Waals surface area contributed by atoms with Crippen molar-refractivity contribution in [2.45, 2.75) is 11.0 Å². The van der Waals surface area contributed by atoms with E-state index in [4.69, 9.17) is 29.3 Å². The number of hydrogen-bond donors (Lipinski definition) is 2. The molecular weight excluding hydrogens is 362 g/mol. The summed E-state index contributed by atoms with van der Waals surface area (Å²) >= 11 is 0.750. The van der Waals surface area contributed by atoms with Crippen LogP contribution in [0.2, 0.25) is 0 Å². The van der Waals surface area contributed by atoms with Crippen LogP contribution < -0.4 is 0 Å². The van der Waals surface area contributed by atoms with Gasteiger partial charge in [0.2, 0.25) is 0 Å². The Balaban J connectivity index is -0.000000219. The Hall–Kier alpha value is -0.0857. The van der Waals surface area contributed by atoms with Crippen LogP contribution in [-0.4, -0.2) is 37.0 Å². The molecule has 0 aromatic carbocycles. The van der Waals surface area contributed by atoms with Gasteiger partial charge in [-0.15, -0.1) is 0 Å². The summed E-state index contributed by atoms with van der Waals surface area (Å²) in [6, 6.07) is 0. The summed E-state index contributed by atoms with van der Waals surface area (Å²) in [4.78, 5) is 0. The van der Waals surface area contributed by atoms with Gasteiger partial charge in [0.25, 0.3) is 0 Å². The fraction of sp³-hybridized carbons (Fsp3) is 1.00. The van der Waals surface area contributed by atoms with E-state index in [1.54, 1.807) is 0 Å². The Labute approximate surface area is 107 Å². The third-order valence-electron chi connectivity index (χ3n) is 0.585. The van der Waals surface area contributed by atoms with E-state index in [9.17, 15) is 26.3 Å². The van der Waals surface area contributed by atoms with Gasteiger partial charge in [0.1, 0.15) is 0 Å². The molecule has 0 saturated carbocycles. The maximum atomic E-state index is 10.7. The number of alkyl halides is 6. The number of hydrogen-bond acceptors (Lipinski definition) is 5. The molecule has 0 aromatic rings. The third kappa shape index (κ3) is 11.0. The average Bonchev–Trinajstić information content (AvgIpc) is 2.01. The predicted octanol–water partition coefficient (Wildman–Crippen LogP) is 0.667. The van der Waals surface area contributed by atoms with Crippen LogP contribution in [0.3, 0.4) is 0 Å². The van der Waals surface area contributed by atoms with Crippen molar-refractivity contribution in [3.8, 4) is 0 Å². The molecule has 7 nitrogen and oxygen atoms in total. The Morgan fingerprint density at radius 3 is 0.722 bits per heavy atom. The summed E-state index contributed by atoms with van der Waals surface area (Å²) in [6.45, 7) is 0.